The molecule has 1 fully saturated rings. The molecule has 1 aromatic heterocycles. The molecule has 0 saturated heterocycles. The number of ether oxygens (including phenoxy) is 1. The summed E-state index contributed by atoms with van der Waals surface area (Å²) in [5.41, 5.74) is 0.838. The van der Waals surface area contributed by atoms with Gasteiger partial charge >= 0.3 is 6.18 Å². The molecule has 0 unspecified atom stereocenters. The molecule has 3 rings (SSSR count). The molecule has 0 bridgehead atoms. The van der Waals surface area contributed by atoms with Gasteiger partial charge in [-0.15, -0.1) is 0 Å². The number of aromatic nitrogens is 1. The van der Waals surface area contributed by atoms with Crippen LogP contribution in [0.15, 0.2) is 47.6 Å². The minimum absolute atomic E-state index is 0.232. The topological polar surface area (TPSA) is 58.5 Å². The van der Waals surface area contributed by atoms with Gasteiger partial charge in [0, 0.05) is 32.4 Å². The maximum atomic E-state index is 12.8. The van der Waals surface area contributed by atoms with E-state index < -0.39 is 11.7 Å². The van der Waals surface area contributed by atoms with Crippen LogP contribution in [0.2, 0.25) is 0 Å². The number of rotatable bonds is 7. The molecule has 150 valence electrons. The van der Waals surface area contributed by atoms with E-state index >= 15 is 0 Å². The fourth-order valence-electron chi connectivity index (χ4n) is 2.58. The Morgan fingerprint density at radius 3 is 2.50 bits per heavy atom. The van der Waals surface area contributed by atoms with Crippen molar-refractivity contribution in [2.24, 2.45) is 10.9 Å². The molecular weight excluding hydrogens is 369 g/mol. The third-order valence-corrected chi connectivity index (χ3v) is 4.36. The molecule has 1 aliphatic rings. The number of pyridine rings is 1. The van der Waals surface area contributed by atoms with Crippen LogP contribution in [-0.4, -0.2) is 24.6 Å². The lowest BCUT2D eigenvalue weighted by Gasteiger charge is -2.13. The molecule has 1 aliphatic carbocycles. The first kappa shape index (κ1) is 20.0. The Morgan fingerprint density at radius 1 is 1.14 bits per heavy atom. The second-order valence-electron chi connectivity index (χ2n) is 6.73. The fraction of sp³-hybridized carbons (Fsp3) is 0.400. The smallest absolute Gasteiger partial charge is 0.416 e. The van der Waals surface area contributed by atoms with Crippen molar-refractivity contribution in [3.8, 4) is 5.88 Å². The maximum absolute atomic E-state index is 12.8. The van der Waals surface area contributed by atoms with Crippen LogP contribution in [0.25, 0.3) is 0 Å². The molecule has 0 radical (unpaired) electrons. The van der Waals surface area contributed by atoms with Crippen LogP contribution < -0.4 is 15.4 Å². The van der Waals surface area contributed by atoms with E-state index in [1.807, 2.05) is 12.1 Å². The number of nitrogens with zero attached hydrogens (tertiary/aromatic N) is 2. The van der Waals surface area contributed by atoms with Crippen LogP contribution in [0.1, 0.15) is 29.5 Å². The molecule has 8 heteroatoms. The molecular formula is C20H23F3N4O. The van der Waals surface area contributed by atoms with Crippen molar-refractivity contribution in [3.63, 3.8) is 0 Å². The van der Waals surface area contributed by atoms with Crippen LogP contribution in [0.5, 0.6) is 5.88 Å². The van der Waals surface area contributed by atoms with Gasteiger partial charge in [-0.1, -0.05) is 12.1 Å². The third kappa shape index (κ3) is 6.14. The number of aliphatic imine (C=N–C) groups is 1. The van der Waals surface area contributed by atoms with Crippen molar-refractivity contribution in [3.05, 3.63) is 59.3 Å². The van der Waals surface area contributed by atoms with E-state index in [1.165, 1.54) is 18.9 Å². The van der Waals surface area contributed by atoms with Crippen LogP contribution in [0.3, 0.4) is 0 Å². The van der Waals surface area contributed by atoms with Gasteiger partial charge in [0.1, 0.15) is 0 Å². The first-order valence-corrected chi connectivity index (χ1v) is 9.12. The van der Waals surface area contributed by atoms with Crippen LogP contribution in [0.4, 0.5) is 13.2 Å². The van der Waals surface area contributed by atoms with Gasteiger partial charge in [0.25, 0.3) is 0 Å². The summed E-state index contributed by atoms with van der Waals surface area (Å²) in [6.45, 7) is 1.42. The summed E-state index contributed by atoms with van der Waals surface area (Å²) in [6.07, 6.45) is -0.223. The van der Waals surface area contributed by atoms with Gasteiger partial charge in [0.15, 0.2) is 5.96 Å². The predicted molar refractivity (Wildman–Crippen MR) is 101 cm³/mol. The van der Waals surface area contributed by atoms with Crippen LogP contribution in [0, 0.1) is 5.92 Å². The number of benzene rings is 1. The molecule has 2 aromatic rings. The Labute approximate surface area is 162 Å². The Bertz CT molecular complexity index is 819. The molecule has 0 atom stereocenters. The Kier molecular flexibility index (Phi) is 6.38. The third-order valence-electron chi connectivity index (χ3n) is 4.36. The van der Waals surface area contributed by atoms with Crippen molar-refractivity contribution < 1.29 is 17.9 Å². The summed E-state index contributed by atoms with van der Waals surface area (Å²) in [6, 6.07) is 8.97. The first-order chi connectivity index (χ1) is 13.4. The zero-order valence-corrected chi connectivity index (χ0v) is 15.6. The predicted octanol–water partition coefficient (Wildman–Crippen LogP) is 3.75. The van der Waals surface area contributed by atoms with Crippen LogP contribution >= 0.6 is 0 Å². The highest BCUT2D eigenvalue weighted by Gasteiger charge is 2.30. The molecule has 0 spiro atoms. The molecule has 0 aliphatic heterocycles. The van der Waals surface area contributed by atoms with Crippen molar-refractivity contribution >= 4 is 5.96 Å². The molecule has 1 aromatic carbocycles. The molecule has 28 heavy (non-hydrogen) atoms. The standard InChI is InChI=1S/C20H23F3N4O/c1-24-19(26-11-15-3-2-4-17(9-15)20(21,22)23)27-12-16-7-8-25-18(10-16)28-13-14-5-6-14/h2-4,7-10,14H,5-6,11-13H2,1H3,(H2,24,26,27). The summed E-state index contributed by atoms with van der Waals surface area (Å²) in [4.78, 5) is 8.31. The average molecular weight is 392 g/mol. The van der Waals surface area contributed by atoms with E-state index in [1.54, 1.807) is 19.3 Å². The number of guanidine groups is 1. The van der Waals surface area contributed by atoms with Crippen molar-refractivity contribution in [2.45, 2.75) is 32.1 Å². The average Bonchev–Trinajstić information content (AvgIpc) is 3.51. The molecule has 1 saturated carbocycles. The normalized spacial score (nSPS) is 14.6. The summed E-state index contributed by atoms with van der Waals surface area (Å²) in [5, 5.41) is 6.16. The monoisotopic (exact) mass is 392 g/mol. The molecule has 0 amide bonds. The van der Waals surface area contributed by atoms with Crippen LogP contribution in [-0.2, 0) is 19.3 Å². The zero-order chi connectivity index (χ0) is 20.0. The fourth-order valence-corrected chi connectivity index (χ4v) is 2.58. The Morgan fingerprint density at radius 2 is 1.86 bits per heavy atom. The largest absolute Gasteiger partial charge is 0.477 e. The number of alkyl halides is 3. The lowest BCUT2D eigenvalue weighted by molar-refractivity contribution is -0.137. The lowest BCUT2D eigenvalue weighted by Crippen LogP contribution is -2.36. The van der Waals surface area contributed by atoms with Gasteiger partial charge < -0.3 is 15.4 Å². The molecule has 1 heterocycles. The number of nitrogens with one attached hydrogen (secondary N) is 2. The maximum Gasteiger partial charge on any atom is 0.416 e. The van der Waals surface area contributed by atoms with Crippen molar-refractivity contribution in [2.75, 3.05) is 13.7 Å². The van der Waals surface area contributed by atoms with Gasteiger partial charge in [-0.25, -0.2) is 4.98 Å². The highest BCUT2D eigenvalue weighted by molar-refractivity contribution is 5.79. The highest BCUT2D eigenvalue weighted by atomic mass is 19.4. The number of hydrogen-bond donors (Lipinski definition) is 2. The van der Waals surface area contributed by atoms with Gasteiger partial charge in [0.2, 0.25) is 5.88 Å². The van der Waals surface area contributed by atoms with E-state index in [0.717, 1.165) is 17.7 Å². The lowest BCUT2D eigenvalue weighted by atomic mass is 10.1. The Balaban J connectivity index is 1.50. The molecule has 2 N–H and O–H groups in total. The quantitative estimate of drug-likeness (QED) is 0.557. The SMILES string of the molecule is CN=C(NCc1cccc(C(F)(F)F)c1)NCc1ccnc(OCC2CC2)c1. The van der Waals surface area contributed by atoms with E-state index in [4.69, 9.17) is 4.74 Å². The number of hydrogen-bond acceptors (Lipinski definition) is 3. The number of halogens is 3. The van der Waals surface area contributed by atoms with E-state index in [0.29, 0.717) is 36.5 Å². The van der Waals surface area contributed by atoms with E-state index in [-0.39, 0.29) is 6.54 Å². The van der Waals surface area contributed by atoms with Gasteiger partial charge in [0.05, 0.1) is 12.2 Å². The van der Waals surface area contributed by atoms with Gasteiger partial charge in [-0.05, 0) is 48.1 Å². The van der Waals surface area contributed by atoms with Crippen molar-refractivity contribution in [1.29, 1.82) is 0 Å². The van der Waals surface area contributed by atoms with Gasteiger partial charge in [-0.3, -0.25) is 4.99 Å². The second kappa shape index (κ2) is 8.95. The summed E-state index contributed by atoms with van der Waals surface area (Å²) < 4.78 is 44.1. The first-order valence-electron chi connectivity index (χ1n) is 9.12. The Hall–Kier alpha value is -2.77. The van der Waals surface area contributed by atoms with E-state index in [2.05, 4.69) is 20.6 Å². The zero-order valence-electron chi connectivity index (χ0n) is 15.6. The summed E-state index contributed by atoms with van der Waals surface area (Å²) >= 11 is 0. The minimum Gasteiger partial charge on any atom is -0.477 e. The van der Waals surface area contributed by atoms with E-state index in [9.17, 15) is 13.2 Å². The summed E-state index contributed by atoms with van der Waals surface area (Å²) in [7, 11) is 1.61. The highest BCUT2D eigenvalue weighted by Crippen LogP contribution is 2.30. The second-order valence-corrected chi connectivity index (χ2v) is 6.73. The minimum atomic E-state index is -4.35. The summed E-state index contributed by atoms with van der Waals surface area (Å²) in [5.74, 6) is 1.75. The van der Waals surface area contributed by atoms with Crippen molar-refractivity contribution in [1.82, 2.24) is 15.6 Å². The van der Waals surface area contributed by atoms with Gasteiger partial charge in [-0.2, -0.15) is 13.2 Å². The molecule has 5 nitrogen and oxygen atoms in total.